The van der Waals surface area contributed by atoms with Crippen molar-refractivity contribution in [2.45, 2.75) is 25.9 Å². The minimum atomic E-state index is -3.08. The van der Waals surface area contributed by atoms with Gasteiger partial charge in [-0.15, -0.1) is 0 Å². The summed E-state index contributed by atoms with van der Waals surface area (Å²) >= 11 is 0. The fourth-order valence-electron chi connectivity index (χ4n) is 2.05. The van der Waals surface area contributed by atoms with Crippen molar-refractivity contribution in [1.29, 1.82) is 0 Å². The first-order chi connectivity index (χ1) is 9.90. The van der Waals surface area contributed by atoms with Crippen LogP contribution < -0.4 is 4.74 Å². The number of halogens is 2. The molecule has 0 fully saturated rings. The fourth-order valence-corrected chi connectivity index (χ4v) is 2.05. The van der Waals surface area contributed by atoms with Gasteiger partial charge in [0.1, 0.15) is 5.75 Å². The summed E-state index contributed by atoms with van der Waals surface area (Å²) in [6, 6.07) is 12.7. The number of aliphatic hydroxyl groups excluding tert-OH is 1. The van der Waals surface area contributed by atoms with Crippen molar-refractivity contribution < 1.29 is 18.6 Å². The van der Waals surface area contributed by atoms with Crippen LogP contribution in [-0.2, 0) is 5.92 Å². The molecule has 0 unspecified atom stereocenters. The molecule has 2 aromatic rings. The van der Waals surface area contributed by atoms with Crippen LogP contribution in [0.5, 0.6) is 5.75 Å². The Morgan fingerprint density at radius 2 is 1.81 bits per heavy atom. The van der Waals surface area contributed by atoms with Crippen LogP contribution in [0.25, 0.3) is 0 Å². The molecule has 2 nitrogen and oxygen atoms in total. The van der Waals surface area contributed by atoms with Crippen LogP contribution in [0, 0.1) is 6.92 Å². The highest BCUT2D eigenvalue weighted by atomic mass is 19.3. The molecule has 0 aliphatic heterocycles. The van der Waals surface area contributed by atoms with E-state index in [0.29, 0.717) is 11.3 Å². The first-order valence-electron chi connectivity index (χ1n) is 6.75. The summed E-state index contributed by atoms with van der Waals surface area (Å²) in [6.45, 7) is 2.65. The Balaban J connectivity index is 2.18. The summed E-state index contributed by atoms with van der Waals surface area (Å²) in [5.74, 6) is -2.79. The summed E-state index contributed by atoms with van der Waals surface area (Å²) in [5, 5.41) is 9.67. The Morgan fingerprint density at radius 1 is 1.14 bits per heavy atom. The van der Waals surface area contributed by atoms with E-state index in [1.807, 2.05) is 13.0 Å². The van der Waals surface area contributed by atoms with Gasteiger partial charge in [0, 0.05) is 11.1 Å². The number of ether oxygens (including phenoxy) is 1. The molecule has 0 aliphatic carbocycles. The molecule has 0 radical (unpaired) electrons. The number of aliphatic hydroxyl groups is 1. The monoisotopic (exact) mass is 292 g/mol. The Kier molecular flexibility index (Phi) is 4.58. The lowest BCUT2D eigenvalue weighted by Gasteiger charge is -2.20. The lowest BCUT2D eigenvalue weighted by atomic mass is 10.1. The Bertz CT molecular complexity index is 595. The third-order valence-electron chi connectivity index (χ3n) is 3.22. The predicted molar refractivity (Wildman–Crippen MR) is 77.6 cm³/mol. The molecule has 0 bridgehead atoms. The first-order valence-corrected chi connectivity index (χ1v) is 6.75. The Labute approximate surface area is 123 Å². The van der Waals surface area contributed by atoms with Gasteiger partial charge in [-0.05, 0) is 25.5 Å². The van der Waals surface area contributed by atoms with Gasteiger partial charge in [0.25, 0.3) is 0 Å². The normalized spacial score (nSPS) is 13.0. The van der Waals surface area contributed by atoms with E-state index < -0.39 is 18.6 Å². The zero-order chi connectivity index (χ0) is 15.5. The highest BCUT2D eigenvalue weighted by molar-refractivity contribution is 5.38. The molecular formula is C17H18F2O2. The van der Waals surface area contributed by atoms with Crippen molar-refractivity contribution in [2.75, 3.05) is 6.61 Å². The van der Waals surface area contributed by atoms with Crippen LogP contribution in [0.1, 0.15) is 29.7 Å². The quantitative estimate of drug-likeness (QED) is 0.894. The topological polar surface area (TPSA) is 29.5 Å². The Morgan fingerprint density at radius 3 is 2.43 bits per heavy atom. The van der Waals surface area contributed by atoms with E-state index in [4.69, 9.17) is 4.74 Å². The van der Waals surface area contributed by atoms with Gasteiger partial charge in [-0.2, -0.15) is 8.78 Å². The van der Waals surface area contributed by atoms with Crippen molar-refractivity contribution in [3.05, 3.63) is 65.2 Å². The Hall–Kier alpha value is -1.94. The number of hydrogen-bond acceptors (Lipinski definition) is 2. The molecule has 0 aromatic heterocycles. The van der Waals surface area contributed by atoms with Crippen LogP contribution in [0.2, 0.25) is 0 Å². The standard InChI is InChI=1S/C17H18F2O2/c1-12-8-9-15(13(2)20)16(10-12)21-11-17(18,19)14-6-4-3-5-7-14/h3-10,13,20H,11H2,1-2H3/t13-/m0/s1. The maximum atomic E-state index is 14.1. The molecule has 4 heteroatoms. The van der Waals surface area contributed by atoms with Gasteiger partial charge in [0.15, 0.2) is 6.61 Å². The second-order valence-electron chi connectivity index (χ2n) is 5.08. The average molecular weight is 292 g/mol. The minimum Gasteiger partial charge on any atom is -0.487 e. The zero-order valence-electron chi connectivity index (χ0n) is 12.0. The molecule has 21 heavy (non-hydrogen) atoms. The molecule has 0 amide bonds. The van der Waals surface area contributed by atoms with Crippen molar-refractivity contribution in [1.82, 2.24) is 0 Å². The van der Waals surface area contributed by atoms with Crippen molar-refractivity contribution in [3.63, 3.8) is 0 Å². The molecule has 2 aromatic carbocycles. The highest BCUT2D eigenvalue weighted by Crippen LogP contribution is 2.31. The van der Waals surface area contributed by atoms with Crippen LogP contribution >= 0.6 is 0 Å². The lowest BCUT2D eigenvalue weighted by Crippen LogP contribution is -2.23. The van der Waals surface area contributed by atoms with Crippen molar-refractivity contribution in [2.24, 2.45) is 0 Å². The molecule has 112 valence electrons. The van der Waals surface area contributed by atoms with E-state index in [2.05, 4.69) is 0 Å². The third kappa shape index (κ3) is 3.79. The average Bonchev–Trinajstić information content (AvgIpc) is 2.46. The van der Waals surface area contributed by atoms with E-state index in [-0.39, 0.29) is 5.56 Å². The molecule has 0 heterocycles. The first kappa shape index (κ1) is 15.4. The van der Waals surface area contributed by atoms with Gasteiger partial charge >= 0.3 is 5.92 Å². The van der Waals surface area contributed by atoms with Crippen molar-refractivity contribution in [3.8, 4) is 5.75 Å². The number of benzene rings is 2. The maximum Gasteiger partial charge on any atom is 0.306 e. The minimum absolute atomic E-state index is 0.0868. The molecule has 1 N–H and O–H groups in total. The number of aryl methyl sites for hydroxylation is 1. The maximum absolute atomic E-state index is 14.1. The predicted octanol–water partition coefficient (Wildman–Crippen LogP) is 4.22. The van der Waals surface area contributed by atoms with Crippen LogP contribution in [0.3, 0.4) is 0 Å². The number of rotatable bonds is 5. The van der Waals surface area contributed by atoms with E-state index in [1.54, 1.807) is 37.3 Å². The number of hydrogen-bond donors (Lipinski definition) is 1. The summed E-state index contributed by atoms with van der Waals surface area (Å²) in [5.41, 5.74) is 1.30. The molecule has 0 saturated heterocycles. The SMILES string of the molecule is Cc1ccc([C@H](C)O)c(OCC(F)(F)c2ccccc2)c1. The lowest BCUT2D eigenvalue weighted by molar-refractivity contribution is -0.0473. The largest absolute Gasteiger partial charge is 0.487 e. The smallest absolute Gasteiger partial charge is 0.306 e. The number of alkyl halides is 2. The molecule has 1 atom stereocenters. The molecule has 0 spiro atoms. The van der Waals surface area contributed by atoms with Gasteiger partial charge in [0.05, 0.1) is 6.10 Å². The van der Waals surface area contributed by atoms with E-state index in [1.165, 1.54) is 12.1 Å². The second kappa shape index (κ2) is 6.22. The molecule has 0 aliphatic rings. The zero-order valence-corrected chi connectivity index (χ0v) is 12.0. The van der Waals surface area contributed by atoms with E-state index in [0.717, 1.165) is 5.56 Å². The van der Waals surface area contributed by atoms with Crippen LogP contribution in [-0.4, -0.2) is 11.7 Å². The van der Waals surface area contributed by atoms with Gasteiger partial charge in [-0.1, -0.05) is 42.5 Å². The molecule has 0 saturated carbocycles. The fraction of sp³-hybridized carbons (Fsp3) is 0.294. The van der Waals surface area contributed by atoms with Gasteiger partial charge in [0.2, 0.25) is 0 Å². The van der Waals surface area contributed by atoms with E-state index >= 15 is 0 Å². The highest BCUT2D eigenvalue weighted by Gasteiger charge is 2.32. The second-order valence-corrected chi connectivity index (χ2v) is 5.08. The van der Waals surface area contributed by atoms with Gasteiger partial charge in [-0.25, -0.2) is 0 Å². The van der Waals surface area contributed by atoms with Gasteiger partial charge in [-0.3, -0.25) is 0 Å². The summed E-state index contributed by atoms with van der Waals surface area (Å²) in [7, 11) is 0. The summed E-state index contributed by atoms with van der Waals surface area (Å²) in [6.07, 6.45) is -0.772. The molecular weight excluding hydrogens is 274 g/mol. The van der Waals surface area contributed by atoms with Crippen molar-refractivity contribution >= 4 is 0 Å². The van der Waals surface area contributed by atoms with Crippen LogP contribution in [0.15, 0.2) is 48.5 Å². The summed E-state index contributed by atoms with van der Waals surface area (Å²) < 4.78 is 33.5. The summed E-state index contributed by atoms with van der Waals surface area (Å²) in [4.78, 5) is 0. The molecule has 2 rings (SSSR count). The van der Waals surface area contributed by atoms with Crippen LogP contribution in [0.4, 0.5) is 8.78 Å². The third-order valence-corrected chi connectivity index (χ3v) is 3.22. The van der Waals surface area contributed by atoms with E-state index in [9.17, 15) is 13.9 Å². The van der Waals surface area contributed by atoms with Gasteiger partial charge < -0.3 is 9.84 Å².